The molecule has 2 aromatic rings. The van der Waals surface area contributed by atoms with Crippen LogP contribution in [0.2, 0.25) is 0 Å². The van der Waals surface area contributed by atoms with E-state index in [0.717, 1.165) is 28.6 Å². The van der Waals surface area contributed by atoms with Gasteiger partial charge in [0, 0.05) is 29.0 Å². The van der Waals surface area contributed by atoms with Crippen LogP contribution in [0, 0.1) is 0 Å². The largest absolute Gasteiger partial charge is 0.307 e. The predicted molar refractivity (Wildman–Crippen MR) is 90.6 cm³/mol. The first-order valence-corrected chi connectivity index (χ1v) is 8.55. The number of hydrogen-bond acceptors (Lipinski definition) is 4. The number of aromatic nitrogens is 1. The molecule has 0 aliphatic carbocycles. The molecule has 0 saturated heterocycles. The summed E-state index contributed by atoms with van der Waals surface area (Å²) in [5, 5.41) is 4.73. The zero-order valence-corrected chi connectivity index (χ0v) is 14.3. The number of fused-ring (bicyclic) bond motifs is 1. The van der Waals surface area contributed by atoms with Crippen LogP contribution in [0.1, 0.15) is 29.4 Å². The van der Waals surface area contributed by atoms with E-state index in [4.69, 9.17) is 0 Å². The van der Waals surface area contributed by atoms with Crippen LogP contribution in [-0.2, 0) is 11.2 Å². The number of hydrogen-bond donors (Lipinski definition) is 1. The van der Waals surface area contributed by atoms with E-state index in [2.05, 4.69) is 32.3 Å². The summed E-state index contributed by atoms with van der Waals surface area (Å²) >= 11 is 4.72. The number of carbonyl (C=O) groups is 2. The van der Waals surface area contributed by atoms with Gasteiger partial charge in [-0.15, -0.1) is 11.3 Å². The Kier molecular flexibility index (Phi) is 4.26. The quantitative estimate of drug-likeness (QED) is 0.868. The van der Waals surface area contributed by atoms with Crippen molar-refractivity contribution in [3.8, 4) is 0 Å². The lowest BCUT2D eigenvalue weighted by molar-refractivity contribution is -0.114. The molecule has 2 heterocycles. The highest BCUT2D eigenvalue weighted by Gasteiger charge is 2.25. The summed E-state index contributed by atoms with van der Waals surface area (Å²) in [6.45, 7) is 2.10. The molecule has 0 bridgehead atoms. The van der Waals surface area contributed by atoms with E-state index in [1.165, 1.54) is 18.3 Å². The van der Waals surface area contributed by atoms with Crippen LogP contribution in [0.4, 0.5) is 10.8 Å². The Bertz CT molecular complexity index is 744. The molecule has 22 heavy (non-hydrogen) atoms. The van der Waals surface area contributed by atoms with Gasteiger partial charge in [-0.05, 0) is 36.6 Å². The van der Waals surface area contributed by atoms with Crippen molar-refractivity contribution in [1.82, 2.24) is 4.98 Å². The fourth-order valence-electron chi connectivity index (χ4n) is 2.49. The number of anilines is 2. The van der Waals surface area contributed by atoms with Gasteiger partial charge in [0.2, 0.25) is 5.91 Å². The standard InChI is InChI=1S/C15H14BrN3O2S/c1-9(20)17-15-18-12(8-22-15)14(21)19-6-2-3-10-7-11(16)4-5-13(10)19/h4-5,7-8H,2-3,6H2,1H3,(H,17,18,20). The summed E-state index contributed by atoms with van der Waals surface area (Å²) in [5.74, 6) is -0.322. The van der Waals surface area contributed by atoms with Crippen molar-refractivity contribution in [2.24, 2.45) is 0 Å². The highest BCUT2D eigenvalue weighted by molar-refractivity contribution is 9.10. The number of benzene rings is 1. The maximum absolute atomic E-state index is 12.7. The zero-order chi connectivity index (χ0) is 15.7. The van der Waals surface area contributed by atoms with Crippen molar-refractivity contribution >= 4 is 49.9 Å². The van der Waals surface area contributed by atoms with Crippen LogP contribution < -0.4 is 10.2 Å². The third kappa shape index (κ3) is 3.05. The lowest BCUT2D eigenvalue weighted by Gasteiger charge is -2.29. The van der Waals surface area contributed by atoms with E-state index < -0.39 is 0 Å². The Morgan fingerprint density at radius 2 is 2.23 bits per heavy atom. The van der Waals surface area contributed by atoms with Crippen LogP contribution in [-0.4, -0.2) is 23.3 Å². The maximum atomic E-state index is 12.7. The van der Waals surface area contributed by atoms with Gasteiger partial charge in [0.05, 0.1) is 0 Å². The van der Waals surface area contributed by atoms with E-state index in [0.29, 0.717) is 17.4 Å². The van der Waals surface area contributed by atoms with Crippen LogP contribution in [0.5, 0.6) is 0 Å². The molecule has 2 amide bonds. The summed E-state index contributed by atoms with van der Waals surface area (Å²) in [6.07, 6.45) is 1.89. The molecule has 0 fully saturated rings. The first-order chi connectivity index (χ1) is 10.5. The molecule has 1 aromatic carbocycles. The molecule has 1 aromatic heterocycles. The molecule has 0 saturated carbocycles. The Balaban J connectivity index is 1.87. The van der Waals surface area contributed by atoms with Crippen molar-refractivity contribution in [2.75, 3.05) is 16.8 Å². The second-order valence-corrected chi connectivity index (χ2v) is 6.83. The summed E-state index contributed by atoms with van der Waals surface area (Å²) in [7, 11) is 0. The van der Waals surface area contributed by atoms with Gasteiger partial charge in [-0.1, -0.05) is 15.9 Å². The van der Waals surface area contributed by atoms with Crippen molar-refractivity contribution in [3.63, 3.8) is 0 Å². The highest BCUT2D eigenvalue weighted by atomic mass is 79.9. The fourth-order valence-corrected chi connectivity index (χ4v) is 3.63. The van der Waals surface area contributed by atoms with Crippen LogP contribution in [0.25, 0.3) is 0 Å². The lowest BCUT2D eigenvalue weighted by atomic mass is 10.0. The molecule has 1 N–H and O–H groups in total. The fraction of sp³-hybridized carbons (Fsp3) is 0.267. The number of carbonyl (C=O) groups excluding carboxylic acids is 2. The van der Waals surface area contributed by atoms with Gasteiger partial charge >= 0.3 is 0 Å². The Morgan fingerprint density at radius 1 is 1.41 bits per heavy atom. The molecule has 114 valence electrons. The van der Waals surface area contributed by atoms with E-state index >= 15 is 0 Å². The monoisotopic (exact) mass is 379 g/mol. The van der Waals surface area contributed by atoms with Crippen LogP contribution in [0.3, 0.4) is 0 Å². The molecule has 0 atom stereocenters. The van der Waals surface area contributed by atoms with Crippen molar-refractivity contribution in [1.29, 1.82) is 0 Å². The highest BCUT2D eigenvalue weighted by Crippen LogP contribution is 2.31. The molecule has 5 nitrogen and oxygen atoms in total. The topological polar surface area (TPSA) is 62.3 Å². The lowest BCUT2D eigenvalue weighted by Crippen LogP contribution is -2.35. The van der Waals surface area contributed by atoms with Gasteiger partial charge in [0.25, 0.3) is 5.91 Å². The molecule has 0 spiro atoms. The van der Waals surface area contributed by atoms with Crippen molar-refractivity contribution < 1.29 is 9.59 Å². The molecule has 3 rings (SSSR count). The Morgan fingerprint density at radius 3 is 3.00 bits per heavy atom. The second-order valence-electron chi connectivity index (χ2n) is 5.05. The number of nitrogens with one attached hydrogen (secondary N) is 1. The van der Waals surface area contributed by atoms with Gasteiger partial charge in [-0.2, -0.15) is 0 Å². The van der Waals surface area contributed by atoms with E-state index in [1.807, 2.05) is 12.1 Å². The van der Waals surface area contributed by atoms with Gasteiger partial charge in [0.1, 0.15) is 5.69 Å². The van der Waals surface area contributed by atoms with Gasteiger partial charge in [-0.25, -0.2) is 4.98 Å². The number of aryl methyl sites for hydroxylation is 1. The maximum Gasteiger partial charge on any atom is 0.277 e. The summed E-state index contributed by atoms with van der Waals surface area (Å²) in [6, 6.07) is 5.95. The molecular weight excluding hydrogens is 366 g/mol. The zero-order valence-electron chi connectivity index (χ0n) is 11.9. The normalized spacial score (nSPS) is 13.6. The van der Waals surface area contributed by atoms with E-state index in [9.17, 15) is 9.59 Å². The number of amides is 2. The third-order valence-electron chi connectivity index (χ3n) is 3.41. The molecular formula is C15H14BrN3O2S. The molecule has 1 aliphatic heterocycles. The van der Waals surface area contributed by atoms with Crippen molar-refractivity contribution in [2.45, 2.75) is 19.8 Å². The summed E-state index contributed by atoms with van der Waals surface area (Å²) in [5.41, 5.74) is 2.46. The van der Waals surface area contributed by atoms with Gasteiger partial charge in [0.15, 0.2) is 5.13 Å². The minimum absolute atomic E-state index is 0.129. The number of halogens is 1. The molecule has 7 heteroatoms. The van der Waals surface area contributed by atoms with E-state index in [-0.39, 0.29) is 11.8 Å². The van der Waals surface area contributed by atoms with Gasteiger partial charge in [-0.3, -0.25) is 9.59 Å². The third-order valence-corrected chi connectivity index (χ3v) is 4.66. The number of rotatable bonds is 2. The predicted octanol–water partition coefficient (Wildman–Crippen LogP) is 3.46. The first kappa shape index (κ1) is 15.2. The van der Waals surface area contributed by atoms with Crippen LogP contribution in [0.15, 0.2) is 28.1 Å². The minimum atomic E-state index is -0.193. The average Bonchev–Trinajstić information content (AvgIpc) is 2.93. The first-order valence-electron chi connectivity index (χ1n) is 6.88. The Labute approximate surface area is 140 Å². The second kappa shape index (κ2) is 6.18. The summed E-state index contributed by atoms with van der Waals surface area (Å²) < 4.78 is 1.02. The molecule has 1 aliphatic rings. The van der Waals surface area contributed by atoms with E-state index in [1.54, 1.807) is 10.3 Å². The summed E-state index contributed by atoms with van der Waals surface area (Å²) in [4.78, 5) is 29.7. The Hall–Kier alpha value is -1.73. The smallest absolute Gasteiger partial charge is 0.277 e. The SMILES string of the molecule is CC(=O)Nc1nc(C(=O)N2CCCc3cc(Br)ccc32)cs1. The average molecular weight is 380 g/mol. The van der Waals surface area contributed by atoms with Crippen LogP contribution >= 0.6 is 27.3 Å². The number of thiazole rings is 1. The molecule has 0 radical (unpaired) electrons. The minimum Gasteiger partial charge on any atom is -0.307 e. The molecule has 0 unspecified atom stereocenters. The van der Waals surface area contributed by atoms with Gasteiger partial charge < -0.3 is 10.2 Å². The van der Waals surface area contributed by atoms with Crippen molar-refractivity contribution in [3.05, 3.63) is 39.3 Å². The number of nitrogens with zero attached hydrogens (tertiary/aromatic N) is 2.